The monoisotopic (exact) mass is 373 g/mol. The van der Waals surface area contributed by atoms with E-state index in [2.05, 4.69) is 22.4 Å². The van der Waals surface area contributed by atoms with Crippen molar-refractivity contribution in [3.05, 3.63) is 33.3 Å². The molecule has 124 valence electrons. The lowest BCUT2D eigenvalue weighted by Gasteiger charge is -2.07. The number of nitrogens with zero attached hydrogens (tertiary/aromatic N) is 2. The van der Waals surface area contributed by atoms with Crippen LogP contribution in [-0.4, -0.2) is 22.7 Å². The van der Waals surface area contributed by atoms with Gasteiger partial charge in [-0.1, -0.05) is 41.5 Å². The molecular formula is C15H17Cl2N3O2S. The zero-order valence-electron chi connectivity index (χ0n) is 12.6. The molecule has 0 saturated carbocycles. The van der Waals surface area contributed by atoms with E-state index in [9.17, 15) is 4.79 Å². The molecule has 23 heavy (non-hydrogen) atoms. The van der Waals surface area contributed by atoms with E-state index in [-0.39, 0.29) is 5.91 Å². The average Bonchev–Trinajstić information content (AvgIpc) is 2.93. The van der Waals surface area contributed by atoms with Gasteiger partial charge in [-0.15, -0.1) is 10.2 Å². The first kappa shape index (κ1) is 18.0. The fraction of sp³-hybridized carbons (Fsp3) is 0.400. The van der Waals surface area contributed by atoms with E-state index in [1.165, 1.54) is 11.3 Å². The molecule has 1 heterocycles. The van der Waals surface area contributed by atoms with Gasteiger partial charge < -0.3 is 10.1 Å². The van der Waals surface area contributed by atoms with Crippen molar-refractivity contribution in [1.82, 2.24) is 10.2 Å². The Morgan fingerprint density at radius 3 is 2.91 bits per heavy atom. The molecule has 1 N–H and O–H groups in total. The number of hydrogen-bond donors (Lipinski definition) is 1. The number of ether oxygens (including phenoxy) is 1. The van der Waals surface area contributed by atoms with E-state index in [4.69, 9.17) is 27.9 Å². The van der Waals surface area contributed by atoms with Crippen LogP contribution in [0.4, 0.5) is 5.13 Å². The van der Waals surface area contributed by atoms with Gasteiger partial charge in [-0.05, 0) is 31.0 Å². The van der Waals surface area contributed by atoms with Gasteiger partial charge in [0.2, 0.25) is 11.0 Å². The van der Waals surface area contributed by atoms with Crippen LogP contribution in [0.3, 0.4) is 0 Å². The summed E-state index contributed by atoms with van der Waals surface area (Å²) in [6.07, 6.45) is 2.80. The van der Waals surface area contributed by atoms with Crippen molar-refractivity contribution >= 4 is 45.6 Å². The Labute approximate surface area is 149 Å². The molecule has 2 aromatic rings. The Bertz CT molecular complexity index is 664. The number of halogens is 2. The molecule has 8 heteroatoms. The summed E-state index contributed by atoms with van der Waals surface area (Å²) in [4.78, 5) is 11.8. The minimum Gasteiger partial charge on any atom is -0.492 e. The summed E-state index contributed by atoms with van der Waals surface area (Å²) in [5.74, 6) is 0.458. The smallest absolute Gasteiger partial charge is 0.226 e. The average molecular weight is 374 g/mol. The van der Waals surface area contributed by atoms with Crippen molar-refractivity contribution in [1.29, 1.82) is 0 Å². The lowest BCUT2D eigenvalue weighted by atomic mass is 10.3. The third kappa shape index (κ3) is 5.97. The Kier molecular flexibility index (Phi) is 7.08. The van der Waals surface area contributed by atoms with Crippen LogP contribution in [0.5, 0.6) is 5.75 Å². The van der Waals surface area contributed by atoms with Gasteiger partial charge in [0.25, 0.3) is 0 Å². The van der Waals surface area contributed by atoms with Crippen LogP contribution in [0, 0.1) is 0 Å². The topological polar surface area (TPSA) is 64.1 Å². The maximum atomic E-state index is 11.8. The van der Waals surface area contributed by atoms with Crippen molar-refractivity contribution < 1.29 is 9.53 Å². The highest BCUT2D eigenvalue weighted by Crippen LogP contribution is 2.27. The molecule has 2 rings (SSSR count). The molecule has 0 spiro atoms. The van der Waals surface area contributed by atoms with Gasteiger partial charge in [-0.3, -0.25) is 4.79 Å². The minimum absolute atomic E-state index is 0.102. The van der Waals surface area contributed by atoms with Crippen LogP contribution in [0.2, 0.25) is 10.0 Å². The molecule has 1 amide bonds. The number of benzene rings is 1. The summed E-state index contributed by atoms with van der Waals surface area (Å²) in [5, 5.41) is 13.2. The summed E-state index contributed by atoms with van der Waals surface area (Å²) >= 11 is 13.2. The van der Waals surface area contributed by atoms with Crippen LogP contribution in [-0.2, 0) is 11.2 Å². The second-order valence-corrected chi connectivity index (χ2v) is 6.73. The van der Waals surface area contributed by atoms with Crippen molar-refractivity contribution in [2.24, 2.45) is 0 Å². The van der Waals surface area contributed by atoms with Crippen LogP contribution >= 0.6 is 34.5 Å². The number of hydrogen-bond acceptors (Lipinski definition) is 5. The van der Waals surface area contributed by atoms with Gasteiger partial charge in [-0.25, -0.2) is 0 Å². The van der Waals surface area contributed by atoms with Gasteiger partial charge in [0.1, 0.15) is 10.8 Å². The third-order valence-corrected chi connectivity index (χ3v) is 4.31. The van der Waals surface area contributed by atoms with Crippen molar-refractivity contribution in [3.63, 3.8) is 0 Å². The van der Waals surface area contributed by atoms with Crippen LogP contribution in [0.15, 0.2) is 18.2 Å². The minimum atomic E-state index is -0.102. The SMILES string of the molecule is CCCc1nnc(NC(=O)CCCOc2ccc(Cl)cc2Cl)s1. The van der Waals surface area contributed by atoms with E-state index < -0.39 is 0 Å². The summed E-state index contributed by atoms with van der Waals surface area (Å²) in [5.41, 5.74) is 0. The molecule has 0 fully saturated rings. The van der Waals surface area contributed by atoms with Gasteiger partial charge in [0, 0.05) is 17.9 Å². The van der Waals surface area contributed by atoms with Crippen molar-refractivity contribution in [2.45, 2.75) is 32.6 Å². The molecular weight excluding hydrogens is 357 g/mol. The molecule has 0 aliphatic heterocycles. The van der Waals surface area contributed by atoms with Gasteiger partial charge in [-0.2, -0.15) is 0 Å². The predicted octanol–water partition coefficient (Wildman–Crippen LogP) is 4.60. The second kappa shape index (κ2) is 9.05. The van der Waals surface area contributed by atoms with Crippen molar-refractivity contribution in [3.8, 4) is 5.75 Å². The van der Waals surface area contributed by atoms with E-state index in [0.717, 1.165) is 17.8 Å². The maximum Gasteiger partial charge on any atom is 0.226 e. The molecule has 0 saturated heterocycles. The number of carbonyl (C=O) groups excluding carboxylic acids is 1. The highest BCUT2D eigenvalue weighted by Gasteiger charge is 2.08. The first-order valence-electron chi connectivity index (χ1n) is 7.28. The number of aryl methyl sites for hydroxylation is 1. The fourth-order valence-electron chi connectivity index (χ4n) is 1.81. The highest BCUT2D eigenvalue weighted by atomic mass is 35.5. The molecule has 0 atom stereocenters. The lowest BCUT2D eigenvalue weighted by molar-refractivity contribution is -0.116. The summed E-state index contributed by atoms with van der Waals surface area (Å²) in [7, 11) is 0. The van der Waals surface area contributed by atoms with E-state index >= 15 is 0 Å². The van der Waals surface area contributed by atoms with Gasteiger partial charge >= 0.3 is 0 Å². The predicted molar refractivity (Wildman–Crippen MR) is 93.7 cm³/mol. The zero-order valence-corrected chi connectivity index (χ0v) is 15.0. The summed E-state index contributed by atoms with van der Waals surface area (Å²) < 4.78 is 5.53. The third-order valence-electron chi connectivity index (χ3n) is 2.88. The Balaban J connectivity index is 1.70. The molecule has 1 aromatic carbocycles. The van der Waals surface area contributed by atoms with E-state index in [1.807, 2.05) is 0 Å². The Morgan fingerprint density at radius 1 is 1.35 bits per heavy atom. The first-order valence-corrected chi connectivity index (χ1v) is 8.86. The molecule has 0 unspecified atom stereocenters. The first-order chi connectivity index (χ1) is 11.1. The normalized spacial score (nSPS) is 10.6. The maximum absolute atomic E-state index is 11.8. The van der Waals surface area contributed by atoms with Crippen LogP contribution in [0.25, 0.3) is 0 Å². The quantitative estimate of drug-likeness (QED) is 0.686. The number of amides is 1. The van der Waals surface area contributed by atoms with Gasteiger partial charge in [0.15, 0.2) is 0 Å². The molecule has 0 aliphatic carbocycles. The van der Waals surface area contributed by atoms with Crippen molar-refractivity contribution in [2.75, 3.05) is 11.9 Å². The number of carbonyl (C=O) groups is 1. The molecule has 0 radical (unpaired) electrons. The largest absolute Gasteiger partial charge is 0.492 e. The number of nitrogens with one attached hydrogen (secondary N) is 1. The van der Waals surface area contributed by atoms with Gasteiger partial charge in [0.05, 0.1) is 11.6 Å². The second-order valence-electron chi connectivity index (χ2n) is 4.83. The molecule has 0 bridgehead atoms. The number of rotatable bonds is 8. The molecule has 5 nitrogen and oxygen atoms in total. The summed E-state index contributed by atoms with van der Waals surface area (Å²) in [6.45, 7) is 2.47. The van der Waals surface area contributed by atoms with E-state index in [0.29, 0.717) is 40.4 Å². The Morgan fingerprint density at radius 2 is 2.17 bits per heavy atom. The molecule has 1 aromatic heterocycles. The number of anilines is 1. The zero-order chi connectivity index (χ0) is 16.7. The highest BCUT2D eigenvalue weighted by molar-refractivity contribution is 7.15. The van der Waals surface area contributed by atoms with Crippen LogP contribution < -0.4 is 10.1 Å². The van der Waals surface area contributed by atoms with Crippen LogP contribution in [0.1, 0.15) is 31.2 Å². The molecule has 0 aliphatic rings. The summed E-state index contributed by atoms with van der Waals surface area (Å²) in [6, 6.07) is 5.04. The standard InChI is InChI=1S/C15H17Cl2N3O2S/c1-2-4-14-19-20-15(23-14)18-13(21)5-3-8-22-12-7-6-10(16)9-11(12)17/h6-7,9H,2-5,8H2,1H3,(H,18,20,21). The van der Waals surface area contributed by atoms with E-state index in [1.54, 1.807) is 18.2 Å². The number of aromatic nitrogens is 2. The Hall–Kier alpha value is -1.37. The fourth-order valence-corrected chi connectivity index (χ4v) is 3.13. The lowest BCUT2D eigenvalue weighted by Crippen LogP contribution is -2.12.